The first kappa shape index (κ1) is 22.8. The van der Waals surface area contributed by atoms with Crippen LogP contribution in [0.5, 0.6) is 5.75 Å². The Hall–Kier alpha value is -3.41. The predicted molar refractivity (Wildman–Crippen MR) is 119 cm³/mol. The fraction of sp³-hybridized carbons (Fsp3) is 0.185. The first-order chi connectivity index (χ1) is 15.9. The van der Waals surface area contributed by atoms with Crippen LogP contribution in [-0.4, -0.2) is 6.61 Å². The van der Waals surface area contributed by atoms with Crippen LogP contribution in [-0.2, 0) is 19.3 Å². The van der Waals surface area contributed by atoms with Gasteiger partial charge < -0.3 is 4.74 Å². The summed E-state index contributed by atoms with van der Waals surface area (Å²) < 4.78 is 71.4. The van der Waals surface area contributed by atoms with Gasteiger partial charge >= 0.3 is 6.61 Å². The van der Waals surface area contributed by atoms with E-state index in [0.717, 1.165) is 35.1 Å². The Balaban J connectivity index is 1.55. The molecular weight excluding hydrogens is 435 g/mol. The van der Waals surface area contributed by atoms with Gasteiger partial charge in [-0.15, -0.1) is 0 Å². The van der Waals surface area contributed by atoms with Crippen LogP contribution >= 0.6 is 0 Å². The van der Waals surface area contributed by atoms with Crippen LogP contribution in [0, 0.1) is 17.5 Å². The van der Waals surface area contributed by atoms with Gasteiger partial charge in [-0.1, -0.05) is 55.5 Å². The van der Waals surface area contributed by atoms with Gasteiger partial charge in [0, 0.05) is 5.39 Å². The van der Waals surface area contributed by atoms with Crippen molar-refractivity contribution in [3.63, 3.8) is 0 Å². The molecule has 4 aromatic rings. The Kier molecular flexibility index (Phi) is 6.63. The van der Waals surface area contributed by atoms with Crippen molar-refractivity contribution in [2.45, 2.75) is 32.8 Å². The molecule has 4 rings (SSSR count). The van der Waals surface area contributed by atoms with Crippen molar-refractivity contribution in [1.29, 1.82) is 0 Å². The molecule has 0 aliphatic carbocycles. The highest BCUT2D eigenvalue weighted by molar-refractivity contribution is 5.88. The lowest BCUT2D eigenvalue weighted by Crippen LogP contribution is -2.06. The van der Waals surface area contributed by atoms with E-state index in [4.69, 9.17) is 0 Å². The molecule has 0 radical (unpaired) electrons. The van der Waals surface area contributed by atoms with Crippen LogP contribution in [0.3, 0.4) is 0 Å². The molecule has 0 aliphatic heterocycles. The summed E-state index contributed by atoms with van der Waals surface area (Å²) in [5.74, 6) is -3.95. The molecule has 0 N–H and O–H groups in total. The minimum atomic E-state index is -3.33. The number of fused-ring (bicyclic) bond motifs is 1. The van der Waals surface area contributed by atoms with Gasteiger partial charge in [0.2, 0.25) is 0 Å². The Morgan fingerprint density at radius 1 is 0.727 bits per heavy atom. The van der Waals surface area contributed by atoms with Gasteiger partial charge in [-0.3, -0.25) is 0 Å². The SMILES string of the molecule is CCc1ccc(-c2ccc3c(F)c(CCc4cc(F)c(OC(F)F)c(F)c4)ccc3c2)cc1. The topological polar surface area (TPSA) is 9.23 Å². The number of rotatable bonds is 7. The molecule has 0 aromatic heterocycles. The Morgan fingerprint density at radius 3 is 2.03 bits per heavy atom. The lowest BCUT2D eigenvalue weighted by atomic mass is 9.96. The van der Waals surface area contributed by atoms with E-state index >= 15 is 4.39 Å². The Morgan fingerprint density at radius 2 is 1.39 bits per heavy atom. The van der Waals surface area contributed by atoms with Gasteiger partial charge in [0.05, 0.1) is 0 Å². The van der Waals surface area contributed by atoms with Crippen molar-refractivity contribution < 1.29 is 26.7 Å². The van der Waals surface area contributed by atoms with Crippen LogP contribution in [0.4, 0.5) is 22.0 Å². The third kappa shape index (κ3) is 5.00. The number of benzene rings is 4. The standard InChI is InChI=1S/C27H21F5O/c1-2-16-3-6-18(7-4-16)20-11-12-22-21(15-20)10-9-19(25(22)30)8-5-17-13-23(28)26(24(29)14-17)33-27(31)32/h3-4,6-7,9-15,27H,2,5,8H2,1H3. The lowest BCUT2D eigenvalue weighted by molar-refractivity contribution is -0.0546. The molecule has 0 unspecified atom stereocenters. The molecule has 0 atom stereocenters. The molecule has 33 heavy (non-hydrogen) atoms. The van der Waals surface area contributed by atoms with Gasteiger partial charge in [0.1, 0.15) is 5.82 Å². The summed E-state index contributed by atoms with van der Waals surface area (Å²) in [7, 11) is 0. The maximum atomic E-state index is 15.1. The van der Waals surface area contributed by atoms with Crippen LogP contribution in [0.2, 0.25) is 0 Å². The van der Waals surface area contributed by atoms with Gasteiger partial charge in [-0.05, 0) is 70.7 Å². The molecule has 0 saturated carbocycles. The van der Waals surface area contributed by atoms with Crippen LogP contribution in [0.1, 0.15) is 23.6 Å². The second-order valence-corrected chi connectivity index (χ2v) is 7.79. The largest absolute Gasteiger partial charge is 0.429 e. The van der Waals surface area contributed by atoms with E-state index in [1.165, 1.54) is 5.56 Å². The first-order valence-electron chi connectivity index (χ1n) is 10.6. The molecule has 4 aromatic carbocycles. The van der Waals surface area contributed by atoms with Crippen molar-refractivity contribution in [1.82, 2.24) is 0 Å². The zero-order chi connectivity index (χ0) is 23.5. The third-order valence-electron chi connectivity index (χ3n) is 5.68. The fourth-order valence-corrected chi connectivity index (χ4v) is 3.88. The van der Waals surface area contributed by atoms with Crippen LogP contribution in [0.15, 0.2) is 66.7 Å². The molecule has 0 saturated heterocycles. The zero-order valence-corrected chi connectivity index (χ0v) is 17.8. The Bertz CT molecular complexity index is 1260. The zero-order valence-electron chi connectivity index (χ0n) is 17.8. The van der Waals surface area contributed by atoms with Gasteiger partial charge in [0.15, 0.2) is 17.4 Å². The molecule has 6 heteroatoms. The van der Waals surface area contributed by atoms with Gasteiger partial charge in [0.25, 0.3) is 0 Å². The summed E-state index contributed by atoms with van der Waals surface area (Å²) in [5, 5.41) is 1.21. The number of aryl methyl sites for hydroxylation is 3. The van der Waals surface area contributed by atoms with E-state index in [2.05, 4.69) is 23.8 Å². The number of hydrogen-bond donors (Lipinski definition) is 0. The molecule has 1 nitrogen and oxygen atoms in total. The maximum absolute atomic E-state index is 15.1. The monoisotopic (exact) mass is 456 g/mol. The number of hydrogen-bond acceptors (Lipinski definition) is 1. The second kappa shape index (κ2) is 9.61. The van der Waals surface area contributed by atoms with Crippen LogP contribution in [0.25, 0.3) is 21.9 Å². The molecule has 0 spiro atoms. The summed E-state index contributed by atoms with van der Waals surface area (Å²) in [6.45, 7) is -1.24. The molecule has 0 heterocycles. The molecule has 0 bridgehead atoms. The highest BCUT2D eigenvalue weighted by Crippen LogP contribution is 2.29. The molecular formula is C27H21F5O. The summed E-state index contributed by atoms with van der Waals surface area (Å²) in [6.07, 6.45) is 1.28. The van der Waals surface area contributed by atoms with Gasteiger partial charge in [-0.25, -0.2) is 13.2 Å². The summed E-state index contributed by atoms with van der Waals surface area (Å²) in [6, 6.07) is 19.1. The molecule has 0 amide bonds. The van der Waals surface area contributed by atoms with Crippen LogP contribution < -0.4 is 4.74 Å². The van der Waals surface area contributed by atoms with Crippen molar-refractivity contribution in [3.8, 4) is 16.9 Å². The average Bonchev–Trinajstić information content (AvgIpc) is 2.81. The lowest BCUT2D eigenvalue weighted by Gasteiger charge is -2.11. The molecule has 0 fully saturated rings. The van der Waals surface area contributed by atoms with Crippen molar-refractivity contribution in [2.75, 3.05) is 0 Å². The van der Waals surface area contributed by atoms with Crippen molar-refractivity contribution >= 4 is 10.8 Å². The number of alkyl halides is 2. The maximum Gasteiger partial charge on any atom is 0.387 e. The van der Waals surface area contributed by atoms with Gasteiger partial charge in [-0.2, -0.15) is 8.78 Å². The number of halogens is 5. The molecule has 170 valence electrons. The first-order valence-corrected chi connectivity index (χ1v) is 10.6. The van der Waals surface area contributed by atoms with E-state index in [-0.39, 0.29) is 24.2 Å². The second-order valence-electron chi connectivity index (χ2n) is 7.79. The van der Waals surface area contributed by atoms with Crippen molar-refractivity contribution in [3.05, 3.63) is 101 Å². The normalized spacial score (nSPS) is 11.4. The quantitative estimate of drug-likeness (QED) is 0.257. The number of ether oxygens (including phenoxy) is 1. The van der Waals surface area contributed by atoms with E-state index in [1.54, 1.807) is 12.1 Å². The highest BCUT2D eigenvalue weighted by Gasteiger charge is 2.17. The predicted octanol–water partition coefficient (Wildman–Crippen LogP) is 7.87. The summed E-state index contributed by atoms with van der Waals surface area (Å²) in [5.41, 5.74) is 3.88. The molecule has 0 aliphatic rings. The fourth-order valence-electron chi connectivity index (χ4n) is 3.88. The van der Waals surface area contributed by atoms with Crippen molar-refractivity contribution in [2.24, 2.45) is 0 Å². The summed E-state index contributed by atoms with van der Waals surface area (Å²) in [4.78, 5) is 0. The Labute approximate surface area is 188 Å². The van der Waals surface area contributed by atoms with E-state index in [0.29, 0.717) is 10.9 Å². The van der Waals surface area contributed by atoms with E-state index in [1.807, 2.05) is 30.3 Å². The smallest absolute Gasteiger partial charge is 0.387 e. The summed E-state index contributed by atoms with van der Waals surface area (Å²) >= 11 is 0. The highest BCUT2D eigenvalue weighted by atomic mass is 19.3. The van der Waals surface area contributed by atoms with E-state index < -0.39 is 24.0 Å². The third-order valence-corrected chi connectivity index (χ3v) is 5.68. The van der Waals surface area contributed by atoms with E-state index in [9.17, 15) is 17.6 Å². The minimum absolute atomic E-state index is 0.132. The minimum Gasteiger partial charge on any atom is -0.429 e. The average molecular weight is 456 g/mol.